The normalized spacial score (nSPS) is 11.0. The van der Waals surface area contributed by atoms with Gasteiger partial charge in [0.25, 0.3) is 0 Å². The number of benzene rings is 2. The molecule has 0 atom stereocenters. The zero-order valence-corrected chi connectivity index (χ0v) is 13.0. The Morgan fingerprint density at radius 2 is 1.83 bits per heavy atom. The van der Waals surface area contributed by atoms with Crippen molar-refractivity contribution in [3.63, 3.8) is 0 Å². The van der Waals surface area contributed by atoms with Gasteiger partial charge in [0, 0.05) is 5.56 Å². The van der Waals surface area contributed by atoms with Crippen LogP contribution in [0.15, 0.2) is 53.5 Å². The largest absolute Gasteiger partial charge is 0.489 e. The van der Waals surface area contributed by atoms with Crippen molar-refractivity contribution in [1.82, 2.24) is 0 Å². The van der Waals surface area contributed by atoms with Crippen molar-refractivity contribution in [3.05, 3.63) is 65.2 Å². The van der Waals surface area contributed by atoms with Crippen molar-refractivity contribution < 1.29 is 19.1 Å². The van der Waals surface area contributed by atoms with E-state index in [0.29, 0.717) is 12.0 Å². The van der Waals surface area contributed by atoms with Crippen LogP contribution in [0.25, 0.3) is 0 Å². The molecule has 0 unspecified atom stereocenters. The second-order valence-corrected chi connectivity index (χ2v) is 4.79. The molecule has 0 spiro atoms. The van der Waals surface area contributed by atoms with Crippen LogP contribution in [0.5, 0.6) is 5.75 Å². The number of carbonyl (C=O) groups is 2. The van der Waals surface area contributed by atoms with Gasteiger partial charge in [0.1, 0.15) is 12.4 Å². The van der Waals surface area contributed by atoms with Gasteiger partial charge in [0.2, 0.25) is 6.41 Å². The van der Waals surface area contributed by atoms with Gasteiger partial charge in [-0.25, -0.2) is 9.79 Å². The molecule has 0 heterocycles. The molecule has 0 aliphatic heterocycles. The summed E-state index contributed by atoms with van der Waals surface area (Å²) in [6.45, 7) is 2.20. The van der Waals surface area contributed by atoms with E-state index in [9.17, 15) is 9.59 Å². The number of amides is 1. The number of para-hydroxylation sites is 1. The molecule has 0 saturated heterocycles. The van der Waals surface area contributed by atoms with E-state index in [-0.39, 0.29) is 12.3 Å². The van der Waals surface area contributed by atoms with E-state index in [1.54, 1.807) is 12.1 Å². The van der Waals surface area contributed by atoms with Crippen molar-refractivity contribution >= 4 is 18.1 Å². The maximum Gasteiger partial charge on any atom is 0.357 e. The highest BCUT2D eigenvalue weighted by Crippen LogP contribution is 2.19. The van der Waals surface area contributed by atoms with Gasteiger partial charge in [-0.15, -0.1) is 0 Å². The molecule has 2 rings (SSSR count). The van der Waals surface area contributed by atoms with Crippen LogP contribution in [-0.2, 0) is 20.9 Å². The summed E-state index contributed by atoms with van der Waals surface area (Å²) in [5, 5.41) is 0. The van der Waals surface area contributed by atoms with E-state index in [0.717, 1.165) is 16.9 Å². The summed E-state index contributed by atoms with van der Waals surface area (Å²) in [5.74, 6) is 0.0923. The average molecular weight is 311 g/mol. The lowest BCUT2D eigenvalue weighted by Gasteiger charge is -2.12. The fourth-order valence-electron chi connectivity index (χ4n) is 2.13. The van der Waals surface area contributed by atoms with Gasteiger partial charge >= 0.3 is 5.97 Å². The van der Waals surface area contributed by atoms with Crippen molar-refractivity contribution in [3.8, 4) is 5.75 Å². The molecule has 0 saturated carbocycles. The minimum Gasteiger partial charge on any atom is -0.489 e. The molecule has 0 bridgehead atoms. The SMILES string of the molecule is COC(=O)C(=NC=O)c1ccccc1COc1ccccc1C. The van der Waals surface area contributed by atoms with E-state index in [4.69, 9.17) is 4.74 Å². The summed E-state index contributed by atoms with van der Waals surface area (Å²) >= 11 is 0. The number of rotatable bonds is 6. The van der Waals surface area contributed by atoms with Crippen LogP contribution in [0.2, 0.25) is 0 Å². The van der Waals surface area contributed by atoms with Crippen LogP contribution in [0.3, 0.4) is 0 Å². The van der Waals surface area contributed by atoms with Gasteiger partial charge < -0.3 is 9.47 Å². The summed E-state index contributed by atoms with van der Waals surface area (Å²) in [4.78, 5) is 26.2. The number of hydrogen-bond donors (Lipinski definition) is 0. The van der Waals surface area contributed by atoms with Gasteiger partial charge in [0.05, 0.1) is 7.11 Å². The first kappa shape index (κ1) is 16.4. The highest BCUT2D eigenvalue weighted by Gasteiger charge is 2.18. The average Bonchev–Trinajstić information content (AvgIpc) is 2.59. The number of aryl methyl sites for hydroxylation is 1. The molecule has 1 amide bonds. The minimum atomic E-state index is -0.666. The van der Waals surface area contributed by atoms with Crippen LogP contribution in [0.1, 0.15) is 16.7 Å². The molecular formula is C18H17NO4. The highest BCUT2D eigenvalue weighted by molar-refractivity contribution is 6.44. The maximum absolute atomic E-state index is 11.8. The van der Waals surface area contributed by atoms with Crippen LogP contribution < -0.4 is 4.74 Å². The van der Waals surface area contributed by atoms with Crippen LogP contribution in [-0.4, -0.2) is 25.2 Å². The number of aliphatic imine (C=N–C) groups is 1. The predicted molar refractivity (Wildman–Crippen MR) is 86.6 cm³/mol. The van der Waals surface area contributed by atoms with Gasteiger partial charge in [-0.1, -0.05) is 42.5 Å². The molecule has 0 aliphatic carbocycles. The van der Waals surface area contributed by atoms with E-state index in [2.05, 4.69) is 9.73 Å². The van der Waals surface area contributed by atoms with Crippen molar-refractivity contribution in [2.24, 2.45) is 4.99 Å². The second-order valence-electron chi connectivity index (χ2n) is 4.79. The van der Waals surface area contributed by atoms with E-state index in [1.807, 2.05) is 43.3 Å². The Hall–Kier alpha value is -2.95. The topological polar surface area (TPSA) is 65.0 Å². The number of hydrogen-bond acceptors (Lipinski definition) is 4. The van der Waals surface area contributed by atoms with Gasteiger partial charge in [-0.3, -0.25) is 4.79 Å². The van der Waals surface area contributed by atoms with Crippen LogP contribution in [0.4, 0.5) is 0 Å². The summed E-state index contributed by atoms with van der Waals surface area (Å²) in [6.07, 6.45) is 0.325. The molecule has 2 aromatic carbocycles. The summed E-state index contributed by atoms with van der Waals surface area (Å²) in [7, 11) is 1.25. The lowest BCUT2D eigenvalue weighted by atomic mass is 10.0. The molecule has 0 aromatic heterocycles. The van der Waals surface area contributed by atoms with E-state index < -0.39 is 5.97 Å². The second kappa shape index (κ2) is 7.89. The zero-order chi connectivity index (χ0) is 16.7. The molecule has 118 valence electrons. The number of esters is 1. The minimum absolute atomic E-state index is 0.0357. The standard InChI is InChI=1S/C18H17NO4/c1-13-7-3-6-10-16(13)23-11-14-8-4-5-9-15(14)17(19-12-20)18(21)22-2/h3-10,12H,11H2,1-2H3. The molecule has 2 aromatic rings. The number of methoxy groups -OCH3 is 1. The van der Waals surface area contributed by atoms with E-state index in [1.165, 1.54) is 7.11 Å². The Kier molecular flexibility index (Phi) is 5.63. The van der Waals surface area contributed by atoms with E-state index >= 15 is 0 Å². The Morgan fingerprint density at radius 3 is 2.52 bits per heavy atom. The fraction of sp³-hybridized carbons (Fsp3) is 0.167. The molecule has 0 fully saturated rings. The maximum atomic E-state index is 11.8. The summed E-state index contributed by atoms with van der Waals surface area (Å²) < 4.78 is 10.5. The lowest BCUT2D eigenvalue weighted by Crippen LogP contribution is -2.19. The predicted octanol–water partition coefficient (Wildman–Crippen LogP) is 2.69. The Labute approximate surface area is 134 Å². The zero-order valence-electron chi connectivity index (χ0n) is 13.0. The molecule has 5 heteroatoms. The Morgan fingerprint density at radius 1 is 1.13 bits per heavy atom. The van der Waals surface area contributed by atoms with Crippen molar-refractivity contribution in [2.45, 2.75) is 13.5 Å². The highest BCUT2D eigenvalue weighted by atomic mass is 16.5. The van der Waals surface area contributed by atoms with Crippen molar-refractivity contribution in [2.75, 3.05) is 7.11 Å². The molecule has 23 heavy (non-hydrogen) atoms. The van der Waals surface area contributed by atoms with Gasteiger partial charge in [-0.2, -0.15) is 0 Å². The lowest BCUT2D eigenvalue weighted by molar-refractivity contribution is -0.132. The van der Waals surface area contributed by atoms with Crippen molar-refractivity contribution in [1.29, 1.82) is 0 Å². The quantitative estimate of drug-likeness (QED) is 0.467. The Balaban J connectivity index is 2.30. The Bertz CT molecular complexity index is 737. The smallest absolute Gasteiger partial charge is 0.357 e. The molecule has 0 N–H and O–H groups in total. The third-order valence-corrected chi connectivity index (χ3v) is 3.31. The third kappa shape index (κ3) is 4.03. The third-order valence-electron chi connectivity index (χ3n) is 3.31. The first-order valence-corrected chi connectivity index (χ1v) is 7.04. The molecule has 0 radical (unpaired) electrons. The first-order valence-electron chi connectivity index (χ1n) is 7.04. The molecular weight excluding hydrogens is 294 g/mol. The summed E-state index contributed by atoms with van der Waals surface area (Å²) in [6, 6.07) is 14.8. The fourth-order valence-corrected chi connectivity index (χ4v) is 2.13. The van der Waals surface area contributed by atoms with Crippen LogP contribution in [0, 0.1) is 6.92 Å². The summed E-state index contributed by atoms with van der Waals surface area (Å²) in [5.41, 5.74) is 2.23. The first-order chi connectivity index (χ1) is 11.2. The van der Waals surface area contributed by atoms with Crippen LogP contribution >= 0.6 is 0 Å². The molecule has 0 aliphatic rings. The number of ether oxygens (including phenoxy) is 2. The van der Waals surface area contributed by atoms with Gasteiger partial charge in [-0.05, 0) is 24.1 Å². The number of carbonyl (C=O) groups excluding carboxylic acids is 2. The number of nitrogens with zero attached hydrogens (tertiary/aromatic N) is 1. The molecule has 5 nitrogen and oxygen atoms in total. The van der Waals surface area contributed by atoms with Gasteiger partial charge in [0.15, 0.2) is 5.71 Å². The monoisotopic (exact) mass is 311 g/mol.